The molecule has 0 spiro atoms. The topological polar surface area (TPSA) is 67.2 Å². The smallest absolute Gasteiger partial charge is 0.216 e. The molecule has 0 saturated heterocycles. The van der Waals surface area contributed by atoms with E-state index in [1.54, 1.807) is 12.1 Å². The molecule has 170 valence electrons. The van der Waals surface area contributed by atoms with Crippen LogP contribution in [0.4, 0.5) is 4.39 Å². The van der Waals surface area contributed by atoms with E-state index in [1.165, 1.54) is 19.1 Å². The number of hydrogen-bond donors (Lipinski definition) is 3. The van der Waals surface area contributed by atoms with Gasteiger partial charge in [0, 0.05) is 25.6 Å². The predicted octanol–water partition coefficient (Wildman–Crippen LogP) is 5.13. The van der Waals surface area contributed by atoms with Crippen molar-refractivity contribution in [2.24, 2.45) is 5.73 Å². The molecule has 0 unspecified atom stereocenters. The summed E-state index contributed by atoms with van der Waals surface area (Å²) in [5.74, 6) is -0.217. The van der Waals surface area contributed by atoms with Crippen molar-refractivity contribution in [3.05, 3.63) is 65.0 Å². The molecular formula is C25H36FN3OS. The van der Waals surface area contributed by atoms with E-state index in [9.17, 15) is 9.18 Å². The lowest BCUT2D eigenvalue weighted by Crippen LogP contribution is -2.23. The van der Waals surface area contributed by atoms with E-state index in [0.29, 0.717) is 18.0 Å². The van der Waals surface area contributed by atoms with E-state index in [-0.39, 0.29) is 11.7 Å². The van der Waals surface area contributed by atoms with Crippen molar-refractivity contribution in [2.45, 2.75) is 47.5 Å². The number of rotatable bonds is 8. The van der Waals surface area contributed by atoms with Crippen molar-refractivity contribution in [3.63, 3.8) is 0 Å². The van der Waals surface area contributed by atoms with Crippen LogP contribution in [-0.2, 0) is 4.79 Å². The number of terminal acetylenes is 1. The summed E-state index contributed by atoms with van der Waals surface area (Å²) in [5.41, 5.74) is 9.55. The van der Waals surface area contributed by atoms with E-state index in [0.717, 1.165) is 35.4 Å². The average Bonchev–Trinajstić information content (AvgIpc) is 2.74. The molecule has 1 aromatic carbocycles. The van der Waals surface area contributed by atoms with Gasteiger partial charge in [0.2, 0.25) is 5.91 Å². The van der Waals surface area contributed by atoms with E-state index < -0.39 is 0 Å². The van der Waals surface area contributed by atoms with Crippen LogP contribution >= 0.6 is 12.2 Å². The first-order chi connectivity index (χ1) is 14.8. The maximum absolute atomic E-state index is 13.2. The molecule has 0 aliphatic rings. The Morgan fingerprint density at radius 3 is 2.16 bits per heavy atom. The summed E-state index contributed by atoms with van der Waals surface area (Å²) < 4.78 is 13.2. The second kappa shape index (κ2) is 19.2. The highest BCUT2D eigenvalue weighted by Crippen LogP contribution is 2.22. The Labute approximate surface area is 192 Å². The SMILES string of the molecule is C#C.CC/C=C/C=C(C)/C(C)=C(/NC(=S)CCN)c1ccc(F)cc1.CCNC(C)=O. The van der Waals surface area contributed by atoms with Gasteiger partial charge in [-0.1, -0.05) is 37.4 Å². The number of carbonyl (C=O) groups is 1. The number of thiocarbonyl (C=S) groups is 1. The van der Waals surface area contributed by atoms with Gasteiger partial charge in [0.25, 0.3) is 0 Å². The summed E-state index contributed by atoms with van der Waals surface area (Å²) in [6.07, 6.45) is 15.8. The van der Waals surface area contributed by atoms with Gasteiger partial charge in [0.1, 0.15) is 5.82 Å². The fourth-order valence-corrected chi connectivity index (χ4v) is 2.47. The lowest BCUT2D eigenvalue weighted by atomic mass is 10.0. The molecule has 0 radical (unpaired) electrons. The quantitative estimate of drug-likeness (QED) is 0.295. The van der Waals surface area contributed by atoms with Gasteiger partial charge >= 0.3 is 0 Å². The van der Waals surface area contributed by atoms with Crippen molar-refractivity contribution in [3.8, 4) is 12.8 Å². The number of halogens is 1. The van der Waals surface area contributed by atoms with Crippen LogP contribution in [0.15, 0.2) is 53.6 Å². The number of amides is 1. The fraction of sp³-hybridized carbons (Fsp3) is 0.360. The van der Waals surface area contributed by atoms with Crippen LogP contribution in [0.25, 0.3) is 5.70 Å². The monoisotopic (exact) mass is 445 g/mol. The molecule has 1 aromatic rings. The van der Waals surface area contributed by atoms with Crippen molar-refractivity contribution in [1.29, 1.82) is 0 Å². The Balaban J connectivity index is 0. The van der Waals surface area contributed by atoms with Crippen molar-refractivity contribution in [2.75, 3.05) is 13.1 Å². The van der Waals surface area contributed by atoms with E-state index >= 15 is 0 Å². The Hall–Kier alpha value is -2.75. The summed E-state index contributed by atoms with van der Waals surface area (Å²) in [6.45, 7) is 10.8. The Morgan fingerprint density at radius 1 is 1.16 bits per heavy atom. The summed E-state index contributed by atoms with van der Waals surface area (Å²) in [6, 6.07) is 6.40. The van der Waals surface area contributed by atoms with Gasteiger partial charge in [-0.05, 0) is 74.7 Å². The third-order valence-corrected chi connectivity index (χ3v) is 4.19. The maximum atomic E-state index is 13.2. The first kappa shape index (κ1) is 30.4. The van der Waals surface area contributed by atoms with E-state index in [2.05, 4.69) is 42.6 Å². The standard InChI is InChI=1S/C19H25FN2S.C4H9NO.C2H2/c1-4-5-6-7-14(2)15(3)19(22-18(23)12-13-21)16-8-10-17(20)11-9-16;1-3-5-4(2)6;1-2/h5-11H,4,12-13,21H2,1-3H3,(H,22,23);3H2,1-2H3,(H,5,6);1-2H/b6-5+,14-7+,19-15+;;. The van der Waals surface area contributed by atoms with Crippen LogP contribution < -0.4 is 16.4 Å². The first-order valence-corrected chi connectivity index (χ1v) is 10.6. The van der Waals surface area contributed by atoms with Gasteiger partial charge in [0.15, 0.2) is 0 Å². The minimum Gasteiger partial charge on any atom is -0.357 e. The molecule has 4 N–H and O–H groups in total. The number of allylic oxidation sites excluding steroid dienone is 5. The molecule has 0 atom stereocenters. The highest BCUT2D eigenvalue weighted by Gasteiger charge is 2.09. The van der Waals surface area contributed by atoms with E-state index in [4.69, 9.17) is 18.0 Å². The zero-order chi connectivity index (χ0) is 24.2. The average molecular weight is 446 g/mol. The number of nitrogens with one attached hydrogen (secondary N) is 2. The molecule has 0 aliphatic heterocycles. The summed E-state index contributed by atoms with van der Waals surface area (Å²) in [7, 11) is 0. The Bertz CT molecular complexity index is 778. The number of carbonyl (C=O) groups excluding carboxylic acids is 1. The normalized spacial score (nSPS) is 11.3. The van der Waals surface area contributed by atoms with Crippen molar-refractivity contribution >= 4 is 28.8 Å². The van der Waals surface area contributed by atoms with Crippen molar-refractivity contribution < 1.29 is 9.18 Å². The van der Waals surface area contributed by atoms with Crippen molar-refractivity contribution in [1.82, 2.24) is 10.6 Å². The van der Waals surface area contributed by atoms with Crippen LogP contribution in [-0.4, -0.2) is 24.0 Å². The predicted molar refractivity (Wildman–Crippen MR) is 136 cm³/mol. The molecule has 0 fully saturated rings. The molecule has 6 heteroatoms. The molecule has 0 bridgehead atoms. The number of benzene rings is 1. The number of nitrogens with two attached hydrogens (primary N) is 1. The van der Waals surface area contributed by atoms with Gasteiger partial charge in [-0.2, -0.15) is 0 Å². The van der Waals surface area contributed by atoms with Gasteiger partial charge in [-0.3, -0.25) is 4.79 Å². The van der Waals surface area contributed by atoms with Gasteiger partial charge in [0.05, 0.1) is 4.99 Å². The lowest BCUT2D eigenvalue weighted by molar-refractivity contribution is -0.118. The van der Waals surface area contributed by atoms with Crippen LogP contribution in [0.5, 0.6) is 0 Å². The van der Waals surface area contributed by atoms with Gasteiger partial charge < -0.3 is 16.4 Å². The molecule has 1 amide bonds. The van der Waals surface area contributed by atoms with Crippen LogP contribution in [0, 0.1) is 18.7 Å². The third-order valence-electron chi connectivity index (χ3n) is 3.88. The summed E-state index contributed by atoms with van der Waals surface area (Å²) in [5, 5.41) is 5.84. The Morgan fingerprint density at radius 2 is 1.74 bits per heavy atom. The molecule has 1 rings (SSSR count). The Kier molecular flexibility index (Phi) is 18.9. The highest BCUT2D eigenvalue weighted by atomic mass is 32.1. The molecule has 0 aromatic heterocycles. The summed E-state index contributed by atoms with van der Waals surface area (Å²) in [4.78, 5) is 10.6. The second-order valence-electron chi connectivity index (χ2n) is 6.37. The zero-order valence-corrected chi connectivity index (χ0v) is 20.1. The molecule has 31 heavy (non-hydrogen) atoms. The minimum atomic E-state index is -0.256. The van der Waals surface area contributed by atoms with Crippen LogP contribution in [0.1, 0.15) is 53.0 Å². The third kappa shape index (κ3) is 14.8. The maximum Gasteiger partial charge on any atom is 0.216 e. The van der Waals surface area contributed by atoms with Gasteiger partial charge in [-0.15, -0.1) is 12.8 Å². The molecule has 0 heterocycles. The largest absolute Gasteiger partial charge is 0.357 e. The van der Waals surface area contributed by atoms with Gasteiger partial charge in [-0.25, -0.2) is 4.39 Å². The first-order valence-electron chi connectivity index (χ1n) is 10.1. The minimum absolute atomic E-state index is 0.0394. The van der Waals surface area contributed by atoms with Crippen LogP contribution in [0.3, 0.4) is 0 Å². The molecule has 0 saturated carbocycles. The van der Waals surface area contributed by atoms with E-state index in [1.807, 2.05) is 26.8 Å². The zero-order valence-electron chi connectivity index (χ0n) is 19.3. The molecule has 0 aliphatic carbocycles. The molecular weight excluding hydrogens is 409 g/mol. The summed E-state index contributed by atoms with van der Waals surface area (Å²) >= 11 is 5.33. The molecule has 4 nitrogen and oxygen atoms in total. The fourth-order valence-electron chi connectivity index (χ4n) is 2.25. The van der Waals surface area contributed by atoms with Crippen LogP contribution in [0.2, 0.25) is 0 Å². The highest BCUT2D eigenvalue weighted by molar-refractivity contribution is 7.80. The second-order valence-corrected chi connectivity index (χ2v) is 6.86. The lowest BCUT2D eigenvalue weighted by Gasteiger charge is -2.16. The number of hydrogen-bond acceptors (Lipinski definition) is 3.